The van der Waals surface area contributed by atoms with Gasteiger partial charge in [-0.05, 0) is 18.8 Å². The molecule has 8 heteroatoms. The molecule has 0 aromatic rings. The van der Waals surface area contributed by atoms with E-state index in [-0.39, 0.29) is 37.3 Å². The lowest BCUT2D eigenvalue weighted by atomic mass is 9.86. The third kappa shape index (κ3) is 6.65. The van der Waals surface area contributed by atoms with E-state index in [1.54, 1.807) is 0 Å². The Kier molecular flexibility index (Phi) is 7.42. The molecule has 1 fully saturated rings. The van der Waals surface area contributed by atoms with E-state index in [9.17, 15) is 13.2 Å². The zero-order chi connectivity index (χ0) is 15.0. The van der Waals surface area contributed by atoms with Crippen LogP contribution in [0.1, 0.15) is 25.7 Å². The second-order valence-corrected chi connectivity index (χ2v) is 7.04. The van der Waals surface area contributed by atoms with E-state index >= 15 is 0 Å². The summed E-state index contributed by atoms with van der Waals surface area (Å²) in [5.41, 5.74) is 5.41. The van der Waals surface area contributed by atoms with Crippen molar-refractivity contribution in [3.05, 3.63) is 0 Å². The zero-order valence-corrected chi connectivity index (χ0v) is 12.7. The highest BCUT2D eigenvalue weighted by Gasteiger charge is 2.20. The Labute approximate surface area is 120 Å². The Morgan fingerprint density at radius 1 is 1.45 bits per heavy atom. The van der Waals surface area contributed by atoms with Crippen molar-refractivity contribution >= 4 is 15.9 Å². The first kappa shape index (κ1) is 17.4. The first-order chi connectivity index (χ1) is 9.46. The van der Waals surface area contributed by atoms with Gasteiger partial charge in [0, 0.05) is 26.7 Å². The van der Waals surface area contributed by atoms with Crippen molar-refractivity contribution in [1.82, 2.24) is 10.0 Å². The summed E-state index contributed by atoms with van der Waals surface area (Å²) in [6, 6.07) is 0. The van der Waals surface area contributed by atoms with Gasteiger partial charge in [0.25, 0.3) is 0 Å². The highest BCUT2D eigenvalue weighted by Crippen LogP contribution is 2.25. The number of sulfonamides is 1. The molecular formula is C12H25N3O4S. The molecule has 1 unspecified atom stereocenters. The van der Waals surface area contributed by atoms with Crippen molar-refractivity contribution in [3.8, 4) is 0 Å². The minimum absolute atomic E-state index is 0.0971. The number of nitrogens with two attached hydrogens (primary N) is 1. The van der Waals surface area contributed by atoms with Crippen LogP contribution in [0.5, 0.6) is 0 Å². The lowest BCUT2D eigenvalue weighted by Gasteiger charge is -2.25. The SMILES string of the molecule is COC(CN)CC(=O)NCCS(=O)(=O)NCC1CCC1. The first-order valence-electron chi connectivity index (χ1n) is 6.93. The second kappa shape index (κ2) is 8.56. The predicted octanol–water partition coefficient (Wildman–Crippen LogP) is -0.814. The molecule has 1 saturated carbocycles. The molecular weight excluding hydrogens is 282 g/mol. The molecule has 0 spiro atoms. The zero-order valence-electron chi connectivity index (χ0n) is 11.9. The minimum Gasteiger partial charge on any atom is -0.380 e. The number of hydrogen-bond donors (Lipinski definition) is 3. The number of hydrogen-bond acceptors (Lipinski definition) is 5. The van der Waals surface area contributed by atoms with E-state index in [0.29, 0.717) is 12.5 Å². The number of carbonyl (C=O) groups excluding carboxylic acids is 1. The third-order valence-corrected chi connectivity index (χ3v) is 4.87. The van der Waals surface area contributed by atoms with Gasteiger partial charge >= 0.3 is 0 Å². The molecule has 0 aliphatic heterocycles. The summed E-state index contributed by atoms with van der Waals surface area (Å²) in [5.74, 6) is 0.119. The summed E-state index contributed by atoms with van der Waals surface area (Å²) < 4.78 is 30.9. The van der Waals surface area contributed by atoms with Crippen LogP contribution in [0.25, 0.3) is 0 Å². The van der Waals surface area contributed by atoms with Crippen molar-refractivity contribution in [1.29, 1.82) is 0 Å². The Morgan fingerprint density at radius 3 is 2.65 bits per heavy atom. The van der Waals surface area contributed by atoms with Gasteiger partial charge in [-0.2, -0.15) is 0 Å². The van der Waals surface area contributed by atoms with Gasteiger partial charge in [-0.25, -0.2) is 13.1 Å². The van der Waals surface area contributed by atoms with Gasteiger partial charge in [0.15, 0.2) is 0 Å². The van der Waals surface area contributed by atoms with E-state index in [1.165, 1.54) is 13.5 Å². The molecule has 0 aromatic carbocycles. The van der Waals surface area contributed by atoms with E-state index in [2.05, 4.69) is 10.0 Å². The summed E-state index contributed by atoms with van der Waals surface area (Å²) in [6.45, 7) is 0.861. The molecule has 118 valence electrons. The molecule has 4 N–H and O–H groups in total. The van der Waals surface area contributed by atoms with Gasteiger partial charge in [0.05, 0.1) is 18.3 Å². The van der Waals surface area contributed by atoms with Crippen LogP contribution < -0.4 is 15.8 Å². The van der Waals surface area contributed by atoms with Crippen molar-refractivity contribution in [2.45, 2.75) is 31.8 Å². The highest BCUT2D eigenvalue weighted by molar-refractivity contribution is 7.89. The van der Waals surface area contributed by atoms with Gasteiger partial charge in [-0.3, -0.25) is 4.79 Å². The Morgan fingerprint density at radius 2 is 2.15 bits per heavy atom. The fraction of sp³-hybridized carbons (Fsp3) is 0.917. The van der Waals surface area contributed by atoms with Gasteiger partial charge < -0.3 is 15.8 Å². The van der Waals surface area contributed by atoms with Crippen molar-refractivity contribution in [2.24, 2.45) is 11.7 Å². The Bertz CT molecular complexity index is 392. The van der Waals surface area contributed by atoms with Crippen LogP contribution in [0, 0.1) is 5.92 Å². The van der Waals surface area contributed by atoms with Crippen LogP contribution in [-0.2, 0) is 19.6 Å². The van der Waals surface area contributed by atoms with E-state index in [4.69, 9.17) is 10.5 Å². The molecule has 20 heavy (non-hydrogen) atoms. The molecule has 0 heterocycles. The van der Waals surface area contributed by atoms with Crippen LogP contribution in [-0.4, -0.2) is 52.9 Å². The van der Waals surface area contributed by atoms with Crippen LogP contribution in [0.3, 0.4) is 0 Å². The Hall–Kier alpha value is -0.700. The van der Waals surface area contributed by atoms with Gasteiger partial charge in [0.2, 0.25) is 15.9 Å². The quantitative estimate of drug-likeness (QED) is 0.489. The smallest absolute Gasteiger partial charge is 0.222 e. The number of amides is 1. The number of nitrogens with one attached hydrogen (secondary N) is 2. The predicted molar refractivity (Wildman–Crippen MR) is 76.6 cm³/mol. The molecule has 1 aliphatic rings. The molecule has 1 aliphatic carbocycles. The summed E-state index contributed by atoms with van der Waals surface area (Å²) >= 11 is 0. The number of carbonyl (C=O) groups is 1. The molecule has 0 radical (unpaired) electrons. The maximum atomic E-state index is 11.7. The minimum atomic E-state index is -3.31. The molecule has 1 rings (SSSR count). The first-order valence-corrected chi connectivity index (χ1v) is 8.59. The molecule has 0 bridgehead atoms. The van der Waals surface area contributed by atoms with Crippen molar-refractivity contribution in [2.75, 3.05) is 32.5 Å². The largest absolute Gasteiger partial charge is 0.380 e. The van der Waals surface area contributed by atoms with Crippen LogP contribution in [0.15, 0.2) is 0 Å². The fourth-order valence-electron chi connectivity index (χ4n) is 1.88. The average Bonchev–Trinajstić information content (AvgIpc) is 2.33. The number of methoxy groups -OCH3 is 1. The molecule has 0 saturated heterocycles. The normalized spacial score (nSPS) is 17.5. The topological polar surface area (TPSA) is 111 Å². The van der Waals surface area contributed by atoms with Crippen LogP contribution in [0.2, 0.25) is 0 Å². The van der Waals surface area contributed by atoms with E-state index in [1.807, 2.05) is 0 Å². The molecule has 0 aromatic heterocycles. The summed E-state index contributed by atoms with van der Waals surface area (Å²) in [4.78, 5) is 11.5. The monoisotopic (exact) mass is 307 g/mol. The maximum absolute atomic E-state index is 11.7. The maximum Gasteiger partial charge on any atom is 0.222 e. The van der Waals surface area contributed by atoms with E-state index < -0.39 is 10.0 Å². The highest BCUT2D eigenvalue weighted by atomic mass is 32.2. The molecule has 1 atom stereocenters. The molecule has 7 nitrogen and oxygen atoms in total. The second-order valence-electron chi connectivity index (χ2n) is 5.11. The van der Waals surface area contributed by atoms with Gasteiger partial charge in [-0.1, -0.05) is 6.42 Å². The van der Waals surface area contributed by atoms with Gasteiger partial charge in [0.1, 0.15) is 0 Å². The lowest BCUT2D eigenvalue weighted by Crippen LogP contribution is -2.38. The average molecular weight is 307 g/mol. The summed E-state index contributed by atoms with van der Waals surface area (Å²) in [7, 11) is -1.82. The van der Waals surface area contributed by atoms with Crippen LogP contribution >= 0.6 is 0 Å². The van der Waals surface area contributed by atoms with Gasteiger partial charge in [-0.15, -0.1) is 0 Å². The fourth-order valence-corrected chi connectivity index (χ4v) is 2.89. The van der Waals surface area contributed by atoms with E-state index in [0.717, 1.165) is 12.8 Å². The lowest BCUT2D eigenvalue weighted by molar-refractivity contribution is -0.123. The number of rotatable bonds is 10. The Balaban J connectivity index is 2.16. The number of ether oxygens (including phenoxy) is 1. The standard InChI is InChI=1S/C12H25N3O4S/c1-19-11(8-13)7-12(16)14-5-6-20(17,18)15-9-10-3-2-4-10/h10-11,15H,2-9,13H2,1H3,(H,14,16). The third-order valence-electron chi connectivity index (χ3n) is 3.52. The van der Waals surface area contributed by atoms with Crippen molar-refractivity contribution in [3.63, 3.8) is 0 Å². The summed E-state index contributed by atoms with van der Waals surface area (Å²) in [5, 5.41) is 2.56. The molecule has 1 amide bonds. The summed E-state index contributed by atoms with van der Waals surface area (Å²) in [6.07, 6.45) is 3.18. The van der Waals surface area contributed by atoms with Crippen LogP contribution in [0.4, 0.5) is 0 Å². The van der Waals surface area contributed by atoms with Crippen molar-refractivity contribution < 1.29 is 17.9 Å².